The molecule has 1 aliphatic heterocycles. The average molecular weight is 299 g/mol. The molecular formula is C15H22FNS2. The van der Waals surface area contributed by atoms with Crippen molar-refractivity contribution in [1.82, 2.24) is 5.32 Å². The van der Waals surface area contributed by atoms with E-state index < -0.39 is 0 Å². The molecule has 19 heavy (non-hydrogen) atoms. The summed E-state index contributed by atoms with van der Waals surface area (Å²) in [7, 11) is 0. The molecule has 0 spiro atoms. The predicted octanol–water partition coefficient (Wildman–Crippen LogP) is 3.59. The van der Waals surface area contributed by atoms with Crippen molar-refractivity contribution in [2.45, 2.75) is 31.1 Å². The van der Waals surface area contributed by atoms with Crippen molar-refractivity contribution in [1.29, 1.82) is 0 Å². The van der Waals surface area contributed by atoms with Gasteiger partial charge < -0.3 is 5.32 Å². The molecule has 1 nitrogen and oxygen atoms in total. The second-order valence-electron chi connectivity index (χ2n) is 4.88. The van der Waals surface area contributed by atoms with Crippen molar-refractivity contribution in [3.63, 3.8) is 0 Å². The fraction of sp³-hybridized carbons (Fsp3) is 0.600. The minimum absolute atomic E-state index is 0.127. The first kappa shape index (κ1) is 15.2. The molecule has 4 heteroatoms. The van der Waals surface area contributed by atoms with Gasteiger partial charge in [-0.15, -0.1) is 0 Å². The number of thioether (sulfide) groups is 2. The van der Waals surface area contributed by atoms with Crippen molar-refractivity contribution >= 4 is 23.5 Å². The van der Waals surface area contributed by atoms with E-state index in [0.29, 0.717) is 11.3 Å². The molecule has 0 aromatic heterocycles. The Hall–Kier alpha value is -0.190. The number of benzene rings is 1. The van der Waals surface area contributed by atoms with E-state index in [2.05, 4.69) is 24.0 Å². The molecule has 1 saturated heterocycles. The summed E-state index contributed by atoms with van der Waals surface area (Å²) in [5, 5.41) is 4.30. The van der Waals surface area contributed by atoms with Crippen LogP contribution in [-0.4, -0.2) is 35.1 Å². The first-order chi connectivity index (χ1) is 9.29. The highest BCUT2D eigenvalue weighted by molar-refractivity contribution is 8.06. The lowest BCUT2D eigenvalue weighted by atomic mass is 10.0. The van der Waals surface area contributed by atoms with Crippen LogP contribution < -0.4 is 5.32 Å². The van der Waals surface area contributed by atoms with Crippen LogP contribution in [0.1, 0.15) is 18.9 Å². The molecular weight excluding hydrogens is 277 g/mol. The molecule has 1 fully saturated rings. The Bertz CT molecular complexity index is 380. The molecule has 0 radical (unpaired) electrons. The smallest absolute Gasteiger partial charge is 0.123 e. The topological polar surface area (TPSA) is 12.0 Å². The van der Waals surface area contributed by atoms with E-state index in [1.807, 2.05) is 23.9 Å². The largest absolute Gasteiger partial charge is 0.313 e. The van der Waals surface area contributed by atoms with E-state index in [9.17, 15) is 4.39 Å². The normalized spacial score (nSPS) is 21.3. The van der Waals surface area contributed by atoms with Gasteiger partial charge in [-0.1, -0.05) is 19.1 Å². The average Bonchev–Trinajstić information content (AvgIpc) is 2.44. The highest BCUT2D eigenvalue weighted by Crippen LogP contribution is 2.28. The zero-order chi connectivity index (χ0) is 13.5. The number of rotatable bonds is 6. The summed E-state index contributed by atoms with van der Waals surface area (Å²) in [6.07, 6.45) is 2.07. The van der Waals surface area contributed by atoms with Gasteiger partial charge in [0.15, 0.2) is 0 Å². The Balaban J connectivity index is 1.99. The lowest BCUT2D eigenvalue weighted by Crippen LogP contribution is -2.43. The number of nitrogens with one attached hydrogen (secondary N) is 1. The van der Waals surface area contributed by atoms with Crippen molar-refractivity contribution < 1.29 is 4.39 Å². The third kappa shape index (κ3) is 5.01. The Morgan fingerprint density at radius 3 is 3.00 bits per heavy atom. The molecule has 2 atom stereocenters. The van der Waals surface area contributed by atoms with Crippen molar-refractivity contribution in [2.24, 2.45) is 0 Å². The molecule has 106 valence electrons. The maximum absolute atomic E-state index is 13.3. The lowest BCUT2D eigenvalue weighted by Gasteiger charge is -2.30. The molecule has 0 saturated carbocycles. The zero-order valence-corrected chi connectivity index (χ0v) is 13.0. The van der Waals surface area contributed by atoms with Gasteiger partial charge in [0.1, 0.15) is 5.82 Å². The minimum atomic E-state index is -0.127. The monoisotopic (exact) mass is 299 g/mol. The van der Waals surface area contributed by atoms with E-state index in [1.54, 1.807) is 6.07 Å². The van der Waals surface area contributed by atoms with Crippen LogP contribution in [0, 0.1) is 5.82 Å². The van der Waals surface area contributed by atoms with Crippen LogP contribution in [0.25, 0.3) is 0 Å². The van der Waals surface area contributed by atoms with E-state index in [0.717, 1.165) is 24.9 Å². The second-order valence-corrected chi connectivity index (χ2v) is 7.38. The first-order valence-corrected chi connectivity index (χ1v) is 9.17. The first-order valence-electron chi connectivity index (χ1n) is 6.96. The fourth-order valence-corrected chi connectivity index (χ4v) is 5.21. The molecule has 1 aromatic rings. The van der Waals surface area contributed by atoms with Crippen LogP contribution in [0.2, 0.25) is 0 Å². The summed E-state index contributed by atoms with van der Waals surface area (Å²) < 4.78 is 13.3. The number of halogens is 1. The quantitative estimate of drug-likeness (QED) is 0.862. The van der Waals surface area contributed by atoms with Crippen LogP contribution in [0.4, 0.5) is 4.39 Å². The van der Waals surface area contributed by atoms with Gasteiger partial charge in [-0.25, -0.2) is 4.39 Å². The van der Waals surface area contributed by atoms with Gasteiger partial charge in [0, 0.05) is 28.6 Å². The fourth-order valence-electron chi connectivity index (χ4n) is 2.32. The van der Waals surface area contributed by atoms with Crippen molar-refractivity contribution in [3.05, 3.63) is 35.6 Å². The van der Waals surface area contributed by atoms with E-state index in [4.69, 9.17) is 0 Å². The summed E-state index contributed by atoms with van der Waals surface area (Å²) in [5.41, 5.74) is 1.10. The van der Waals surface area contributed by atoms with Gasteiger partial charge >= 0.3 is 0 Å². The van der Waals surface area contributed by atoms with Crippen LogP contribution in [0.5, 0.6) is 0 Å². The Labute approximate surface area is 124 Å². The van der Waals surface area contributed by atoms with Gasteiger partial charge in [-0.2, -0.15) is 23.5 Å². The van der Waals surface area contributed by atoms with Gasteiger partial charge in [-0.05, 0) is 37.1 Å². The Morgan fingerprint density at radius 2 is 2.32 bits per heavy atom. The summed E-state index contributed by atoms with van der Waals surface area (Å²) in [4.78, 5) is 0. The van der Waals surface area contributed by atoms with Crippen molar-refractivity contribution in [3.8, 4) is 0 Å². The highest BCUT2D eigenvalue weighted by Gasteiger charge is 2.24. The summed E-state index contributed by atoms with van der Waals surface area (Å²) in [6, 6.07) is 7.48. The van der Waals surface area contributed by atoms with E-state index in [1.165, 1.54) is 23.3 Å². The van der Waals surface area contributed by atoms with Gasteiger partial charge in [0.25, 0.3) is 0 Å². The van der Waals surface area contributed by atoms with E-state index in [-0.39, 0.29) is 5.82 Å². The third-order valence-corrected chi connectivity index (χ3v) is 6.21. The lowest BCUT2D eigenvalue weighted by molar-refractivity contribution is 0.504. The van der Waals surface area contributed by atoms with Crippen LogP contribution in [-0.2, 0) is 6.42 Å². The Morgan fingerprint density at radius 1 is 1.42 bits per heavy atom. The zero-order valence-electron chi connectivity index (χ0n) is 11.4. The Kier molecular flexibility index (Phi) is 6.54. The van der Waals surface area contributed by atoms with Crippen molar-refractivity contribution in [2.75, 3.05) is 23.8 Å². The molecule has 1 aromatic carbocycles. The van der Waals surface area contributed by atoms with Gasteiger partial charge in [-0.3, -0.25) is 0 Å². The second kappa shape index (κ2) is 8.18. The molecule has 0 amide bonds. The molecule has 2 rings (SSSR count). The molecule has 0 bridgehead atoms. The predicted molar refractivity (Wildman–Crippen MR) is 85.8 cm³/mol. The van der Waals surface area contributed by atoms with Gasteiger partial charge in [0.05, 0.1) is 0 Å². The molecule has 2 unspecified atom stereocenters. The van der Waals surface area contributed by atoms with Crippen LogP contribution in [0.15, 0.2) is 24.3 Å². The number of hydrogen-bond donors (Lipinski definition) is 1. The van der Waals surface area contributed by atoms with E-state index >= 15 is 0 Å². The summed E-state index contributed by atoms with van der Waals surface area (Å²) >= 11 is 4.11. The molecule has 0 aliphatic carbocycles. The summed E-state index contributed by atoms with van der Waals surface area (Å²) in [6.45, 7) is 3.23. The highest BCUT2D eigenvalue weighted by atomic mass is 32.2. The molecule has 1 heterocycles. The van der Waals surface area contributed by atoms with Crippen LogP contribution >= 0.6 is 23.5 Å². The maximum atomic E-state index is 13.3. The maximum Gasteiger partial charge on any atom is 0.123 e. The van der Waals surface area contributed by atoms with Gasteiger partial charge in [0.2, 0.25) is 0 Å². The molecule has 1 aliphatic rings. The third-order valence-electron chi connectivity index (χ3n) is 3.29. The summed E-state index contributed by atoms with van der Waals surface area (Å²) in [5.74, 6) is 3.59. The van der Waals surface area contributed by atoms with Crippen LogP contribution in [0.3, 0.4) is 0 Å². The standard InChI is InChI=1S/C15H22FNS2/c1-2-6-17-14(15-11-18-7-8-19-15)10-12-4-3-5-13(16)9-12/h3-5,9,14-15,17H,2,6-8,10-11H2,1H3. The molecule has 1 N–H and O–H groups in total. The SMILES string of the molecule is CCCNC(Cc1cccc(F)c1)C1CSCCS1. The number of hydrogen-bond acceptors (Lipinski definition) is 3. The minimum Gasteiger partial charge on any atom is -0.313 e.